The largest absolute Gasteiger partial charge is 3.00 e. The van der Waals surface area contributed by atoms with Crippen LogP contribution in [-0.4, -0.2) is 21.8 Å². The SMILES string of the molecule is C1=CCCC=CCC1.C1=CCCC=CCC1.F[B-](F)(F)F.F[B-](F)(F)F.F[B-](F)(F)F.[Ir+3]. The van der Waals surface area contributed by atoms with Crippen molar-refractivity contribution in [3.8, 4) is 0 Å². The quantitative estimate of drug-likeness (QED) is 0.137. The van der Waals surface area contributed by atoms with E-state index in [-0.39, 0.29) is 20.1 Å². The molecule has 0 aromatic rings. The van der Waals surface area contributed by atoms with E-state index in [0.29, 0.717) is 0 Å². The Bertz CT molecular complexity index is 385. The van der Waals surface area contributed by atoms with Crippen molar-refractivity contribution in [2.45, 2.75) is 51.4 Å². The van der Waals surface area contributed by atoms with Crippen molar-refractivity contribution in [3.05, 3.63) is 48.6 Å². The first-order chi connectivity index (χ1) is 14.0. The number of hydrogen-bond donors (Lipinski definition) is 0. The van der Waals surface area contributed by atoms with Gasteiger partial charge in [-0.2, -0.15) is 0 Å². The molecule has 16 heteroatoms. The normalized spacial score (nSPS) is 15.6. The van der Waals surface area contributed by atoms with Crippen LogP contribution in [0, 0.1) is 0 Å². The molecule has 0 saturated carbocycles. The zero-order valence-electron chi connectivity index (χ0n) is 16.9. The van der Waals surface area contributed by atoms with Crippen molar-refractivity contribution in [2.75, 3.05) is 0 Å². The Morgan fingerprint density at radius 2 is 0.344 bits per heavy atom. The summed E-state index contributed by atoms with van der Waals surface area (Å²) in [5, 5.41) is 0. The molecule has 0 fully saturated rings. The minimum atomic E-state index is -6.00. The Kier molecular flexibility index (Phi) is 27.6. The fourth-order valence-electron chi connectivity index (χ4n) is 1.71. The molecule has 0 spiro atoms. The van der Waals surface area contributed by atoms with Gasteiger partial charge in [-0.25, -0.2) is 0 Å². The van der Waals surface area contributed by atoms with Crippen molar-refractivity contribution in [1.29, 1.82) is 0 Å². The van der Waals surface area contributed by atoms with Crippen molar-refractivity contribution in [2.24, 2.45) is 0 Å². The maximum absolute atomic E-state index is 9.75. The molecule has 0 nitrogen and oxygen atoms in total. The van der Waals surface area contributed by atoms with Gasteiger partial charge in [0.05, 0.1) is 0 Å². The van der Waals surface area contributed by atoms with E-state index in [0.717, 1.165) is 0 Å². The summed E-state index contributed by atoms with van der Waals surface area (Å²) in [6.45, 7) is 0. The van der Waals surface area contributed by atoms with E-state index in [9.17, 15) is 51.8 Å². The summed E-state index contributed by atoms with van der Waals surface area (Å²) < 4.78 is 117. The zero-order valence-corrected chi connectivity index (χ0v) is 19.3. The molecule has 0 radical (unpaired) electrons. The summed E-state index contributed by atoms with van der Waals surface area (Å²) in [6, 6.07) is 0. The predicted molar refractivity (Wildman–Crippen MR) is 104 cm³/mol. The van der Waals surface area contributed by atoms with Gasteiger partial charge in [-0.3, -0.25) is 0 Å². The maximum Gasteiger partial charge on any atom is 3.00 e. The average Bonchev–Trinajstić information content (AvgIpc) is 2.40. The Hall–Kier alpha value is -1.04. The van der Waals surface area contributed by atoms with E-state index in [4.69, 9.17) is 0 Å². The molecule has 0 bridgehead atoms. The molecule has 190 valence electrons. The molecule has 0 aromatic heterocycles. The van der Waals surface area contributed by atoms with Crippen LogP contribution in [0.1, 0.15) is 51.4 Å². The molecule has 0 heterocycles. The molecular weight excluding hydrogens is 645 g/mol. The third kappa shape index (κ3) is 101. The second-order valence-electron chi connectivity index (χ2n) is 5.68. The van der Waals surface area contributed by atoms with E-state index < -0.39 is 21.8 Å². The van der Waals surface area contributed by atoms with Crippen LogP contribution in [-0.2, 0) is 20.1 Å². The minimum absolute atomic E-state index is 0. The van der Waals surface area contributed by atoms with Crippen LogP contribution in [0.4, 0.5) is 51.8 Å². The van der Waals surface area contributed by atoms with Gasteiger partial charge >= 0.3 is 41.9 Å². The smallest absolute Gasteiger partial charge is 0.418 e. The van der Waals surface area contributed by atoms with Crippen molar-refractivity contribution in [1.82, 2.24) is 0 Å². The van der Waals surface area contributed by atoms with Gasteiger partial charge in [-0.15, -0.1) is 0 Å². The van der Waals surface area contributed by atoms with Gasteiger partial charge in [0.25, 0.3) is 0 Å². The summed E-state index contributed by atoms with van der Waals surface area (Å²) in [7, 11) is -18.0. The first-order valence-corrected chi connectivity index (χ1v) is 9.22. The predicted octanol–water partition coefficient (Wildman–Crippen LogP) is 9.24. The standard InChI is InChI=1S/2C8H12.3BF4.Ir/c2*1-2-4-6-8-7-5-3-1;3*2-1(3,4)5;/h2*1-2,7-8H,3-6H2;;;;/q;;3*-1;+3. The number of rotatable bonds is 0. The Morgan fingerprint density at radius 1 is 0.281 bits per heavy atom. The summed E-state index contributed by atoms with van der Waals surface area (Å²) in [6.07, 6.45) is 28.0. The molecule has 0 amide bonds. The van der Waals surface area contributed by atoms with Crippen LogP contribution in [0.2, 0.25) is 0 Å². The monoisotopic (exact) mass is 670 g/mol. The molecule has 0 unspecified atom stereocenters. The third-order valence-electron chi connectivity index (χ3n) is 2.67. The van der Waals surface area contributed by atoms with Gasteiger partial charge < -0.3 is 51.8 Å². The molecule has 2 aliphatic carbocycles. The van der Waals surface area contributed by atoms with Gasteiger partial charge in [0.15, 0.2) is 0 Å². The first-order valence-electron chi connectivity index (χ1n) is 9.22. The van der Waals surface area contributed by atoms with Crippen molar-refractivity contribution in [3.63, 3.8) is 0 Å². The molecule has 0 atom stereocenters. The van der Waals surface area contributed by atoms with Crippen LogP contribution < -0.4 is 0 Å². The zero-order chi connectivity index (χ0) is 24.8. The molecule has 2 rings (SSSR count). The Morgan fingerprint density at radius 3 is 0.406 bits per heavy atom. The van der Waals surface area contributed by atoms with Crippen LogP contribution in [0.3, 0.4) is 0 Å². The number of hydrogen-bond acceptors (Lipinski definition) is 0. The fourth-order valence-corrected chi connectivity index (χ4v) is 1.71. The van der Waals surface area contributed by atoms with Crippen LogP contribution in [0.15, 0.2) is 48.6 Å². The molecule has 0 aliphatic heterocycles. The van der Waals surface area contributed by atoms with Gasteiger partial charge in [0.1, 0.15) is 0 Å². The summed E-state index contributed by atoms with van der Waals surface area (Å²) in [5.74, 6) is 0. The Balaban J connectivity index is -0.000000156. The number of allylic oxidation sites excluding steroid dienone is 8. The fraction of sp³-hybridized carbons (Fsp3) is 0.500. The maximum atomic E-state index is 9.75. The molecule has 0 N–H and O–H groups in total. The molecular formula is C16H24B3F12Ir. The molecule has 0 saturated heterocycles. The molecule has 32 heavy (non-hydrogen) atoms. The van der Waals surface area contributed by atoms with Gasteiger partial charge in [-0.1, -0.05) is 48.6 Å². The van der Waals surface area contributed by atoms with E-state index >= 15 is 0 Å². The summed E-state index contributed by atoms with van der Waals surface area (Å²) in [5.41, 5.74) is 0. The second-order valence-corrected chi connectivity index (χ2v) is 5.68. The molecule has 2 aliphatic rings. The van der Waals surface area contributed by atoms with Gasteiger partial charge in [0, 0.05) is 0 Å². The van der Waals surface area contributed by atoms with Crippen LogP contribution >= 0.6 is 0 Å². The van der Waals surface area contributed by atoms with E-state index in [1.165, 1.54) is 51.4 Å². The topological polar surface area (TPSA) is 0 Å². The molecule has 0 aromatic carbocycles. The van der Waals surface area contributed by atoms with Gasteiger partial charge in [-0.05, 0) is 51.4 Å². The van der Waals surface area contributed by atoms with E-state index in [2.05, 4.69) is 48.6 Å². The van der Waals surface area contributed by atoms with Crippen LogP contribution in [0.5, 0.6) is 0 Å². The summed E-state index contributed by atoms with van der Waals surface area (Å²) >= 11 is 0. The van der Waals surface area contributed by atoms with E-state index in [1.54, 1.807) is 0 Å². The second kappa shape index (κ2) is 23.1. The van der Waals surface area contributed by atoms with Gasteiger partial charge in [0.2, 0.25) is 0 Å². The van der Waals surface area contributed by atoms with Crippen molar-refractivity contribution >= 4 is 21.8 Å². The third-order valence-corrected chi connectivity index (χ3v) is 2.67. The Labute approximate surface area is 193 Å². The van der Waals surface area contributed by atoms with Crippen molar-refractivity contribution < 1.29 is 71.9 Å². The van der Waals surface area contributed by atoms with E-state index in [1.807, 2.05) is 0 Å². The summed E-state index contributed by atoms with van der Waals surface area (Å²) in [4.78, 5) is 0. The average molecular weight is 669 g/mol. The first kappa shape index (κ1) is 38.2. The van der Waals surface area contributed by atoms with Crippen LogP contribution in [0.25, 0.3) is 0 Å². The minimum Gasteiger partial charge on any atom is -0.418 e. The number of halogens is 12.